The van der Waals surface area contributed by atoms with Crippen LogP contribution in [0.1, 0.15) is 66.2 Å². The summed E-state index contributed by atoms with van der Waals surface area (Å²) in [5.74, 6) is 2.27. The summed E-state index contributed by atoms with van der Waals surface area (Å²) in [5.41, 5.74) is 0. The lowest BCUT2D eigenvalue weighted by Gasteiger charge is -2.42. The van der Waals surface area contributed by atoms with Gasteiger partial charge in [0.1, 0.15) is 0 Å². The monoisotopic (exact) mass is 269 g/mol. The lowest BCUT2D eigenvalue weighted by atomic mass is 9.71. The van der Waals surface area contributed by atoms with E-state index in [0.29, 0.717) is 18.1 Å². The SMILES string of the molecule is CCCNC(C1CCCCC1CC)C(OC)C(C)C. The van der Waals surface area contributed by atoms with Crippen molar-refractivity contribution in [1.29, 1.82) is 0 Å². The number of ether oxygens (including phenoxy) is 1. The Morgan fingerprint density at radius 1 is 1.16 bits per heavy atom. The molecule has 114 valence electrons. The van der Waals surface area contributed by atoms with Gasteiger partial charge in [-0.15, -0.1) is 0 Å². The zero-order valence-corrected chi connectivity index (χ0v) is 13.7. The number of methoxy groups -OCH3 is 1. The summed E-state index contributed by atoms with van der Waals surface area (Å²) in [7, 11) is 1.88. The zero-order valence-electron chi connectivity index (χ0n) is 13.7. The fourth-order valence-corrected chi connectivity index (χ4v) is 3.87. The second-order valence-electron chi connectivity index (χ2n) is 6.54. The van der Waals surface area contributed by atoms with E-state index in [1.165, 1.54) is 38.5 Å². The van der Waals surface area contributed by atoms with Crippen LogP contribution in [0.15, 0.2) is 0 Å². The Labute approximate surface area is 120 Å². The number of hydrogen-bond donors (Lipinski definition) is 1. The first-order chi connectivity index (χ1) is 9.15. The van der Waals surface area contributed by atoms with Crippen LogP contribution in [0, 0.1) is 17.8 Å². The molecule has 2 heteroatoms. The maximum Gasteiger partial charge on any atom is 0.0749 e. The Bertz CT molecular complexity index is 229. The number of nitrogens with one attached hydrogen (secondary N) is 1. The minimum atomic E-state index is 0.351. The number of rotatable bonds is 8. The van der Waals surface area contributed by atoms with E-state index >= 15 is 0 Å². The van der Waals surface area contributed by atoms with E-state index in [1.807, 2.05) is 7.11 Å². The van der Waals surface area contributed by atoms with Gasteiger partial charge in [0.25, 0.3) is 0 Å². The third-order valence-electron chi connectivity index (χ3n) is 4.87. The zero-order chi connectivity index (χ0) is 14.3. The maximum absolute atomic E-state index is 5.85. The summed E-state index contributed by atoms with van der Waals surface area (Å²) < 4.78 is 5.85. The highest BCUT2D eigenvalue weighted by Crippen LogP contribution is 2.36. The van der Waals surface area contributed by atoms with Crippen LogP contribution in [0.4, 0.5) is 0 Å². The molecule has 1 N–H and O–H groups in total. The maximum atomic E-state index is 5.85. The van der Waals surface area contributed by atoms with Gasteiger partial charge in [-0.1, -0.05) is 53.4 Å². The molecule has 1 fully saturated rings. The first-order valence-corrected chi connectivity index (χ1v) is 8.41. The molecule has 1 rings (SSSR count). The van der Waals surface area contributed by atoms with Gasteiger partial charge in [-0.3, -0.25) is 0 Å². The van der Waals surface area contributed by atoms with Gasteiger partial charge >= 0.3 is 0 Å². The molecule has 1 saturated carbocycles. The minimum Gasteiger partial charge on any atom is -0.380 e. The molecule has 0 bridgehead atoms. The van der Waals surface area contributed by atoms with E-state index < -0.39 is 0 Å². The van der Waals surface area contributed by atoms with Crippen molar-refractivity contribution in [2.45, 2.75) is 78.4 Å². The molecule has 0 heterocycles. The highest BCUT2D eigenvalue weighted by molar-refractivity contribution is 4.90. The predicted molar refractivity (Wildman–Crippen MR) is 83.5 cm³/mol. The molecule has 0 spiro atoms. The van der Waals surface area contributed by atoms with Gasteiger partial charge < -0.3 is 10.1 Å². The normalized spacial score (nSPS) is 27.5. The standard InChI is InChI=1S/C17H35NO/c1-6-12-18-16(17(19-5)13(3)4)15-11-9-8-10-14(15)7-2/h13-18H,6-12H2,1-5H3. The molecule has 4 unspecified atom stereocenters. The van der Waals surface area contributed by atoms with Gasteiger partial charge in [0.05, 0.1) is 6.10 Å². The molecule has 0 saturated heterocycles. The number of hydrogen-bond acceptors (Lipinski definition) is 2. The Balaban J connectivity index is 2.80. The highest BCUT2D eigenvalue weighted by atomic mass is 16.5. The Morgan fingerprint density at radius 2 is 1.84 bits per heavy atom. The van der Waals surface area contributed by atoms with Crippen LogP contribution in [0.5, 0.6) is 0 Å². The smallest absolute Gasteiger partial charge is 0.0749 e. The molecule has 0 amide bonds. The Hall–Kier alpha value is -0.0800. The van der Waals surface area contributed by atoms with Gasteiger partial charge in [-0.05, 0) is 37.1 Å². The van der Waals surface area contributed by atoms with E-state index in [1.54, 1.807) is 0 Å². The predicted octanol–water partition coefficient (Wildman–Crippen LogP) is 4.24. The molecule has 0 aliphatic heterocycles. The van der Waals surface area contributed by atoms with Gasteiger partial charge in [0.15, 0.2) is 0 Å². The second-order valence-corrected chi connectivity index (χ2v) is 6.54. The average Bonchev–Trinajstić information content (AvgIpc) is 2.43. The van der Waals surface area contributed by atoms with E-state index in [9.17, 15) is 0 Å². The Kier molecular flexibility index (Phi) is 8.01. The van der Waals surface area contributed by atoms with Crippen molar-refractivity contribution in [3.8, 4) is 0 Å². The van der Waals surface area contributed by atoms with Crippen molar-refractivity contribution in [1.82, 2.24) is 5.32 Å². The molecule has 0 aromatic rings. The summed E-state index contributed by atoms with van der Waals surface area (Å²) >= 11 is 0. The van der Waals surface area contributed by atoms with Crippen LogP contribution in [-0.2, 0) is 4.74 Å². The molecule has 0 aromatic carbocycles. The molecular formula is C17H35NO. The lowest BCUT2D eigenvalue weighted by molar-refractivity contribution is -0.00443. The third kappa shape index (κ3) is 4.75. The molecule has 1 aliphatic rings. The molecular weight excluding hydrogens is 234 g/mol. The largest absolute Gasteiger partial charge is 0.380 e. The summed E-state index contributed by atoms with van der Waals surface area (Å²) in [6, 6.07) is 0.537. The topological polar surface area (TPSA) is 21.3 Å². The van der Waals surface area contributed by atoms with Crippen LogP contribution in [-0.4, -0.2) is 25.8 Å². The fraction of sp³-hybridized carbons (Fsp3) is 1.00. The molecule has 4 atom stereocenters. The fourth-order valence-electron chi connectivity index (χ4n) is 3.87. The van der Waals surface area contributed by atoms with Crippen molar-refractivity contribution in [3.05, 3.63) is 0 Å². The van der Waals surface area contributed by atoms with Gasteiger partial charge in [-0.2, -0.15) is 0 Å². The molecule has 2 nitrogen and oxygen atoms in total. The van der Waals surface area contributed by atoms with E-state index in [0.717, 1.165) is 18.4 Å². The molecule has 1 aliphatic carbocycles. The Morgan fingerprint density at radius 3 is 2.37 bits per heavy atom. The lowest BCUT2D eigenvalue weighted by Crippen LogP contribution is -2.51. The molecule has 0 radical (unpaired) electrons. The second kappa shape index (κ2) is 8.97. The van der Waals surface area contributed by atoms with Gasteiger partial charge in [0.2, 0.25) is 0 Å². The minimum absolute atomic E-state index is 0.351. The summed E-state index contributed by atoms with van der Waals surface area (Å²) in [6.45, 7) is 10.3. The van der Waals surface area contributed by atoms with Crippen LogP contribution < -0.4 is 5.32 Å². The van der Waals surface area contributed by atoms with Gasteiger partial charge in [0, 0.05) is 13.2 Å². The summed E-state index contributed by atoms with van der Waals surface area (Å²) in [6.07, 6.45) is 8.50. The van der Waals surface area contributed by atoms with Crippen molar-refractivity contribution < 1.29 is 4.74 Å². The summed E-state index contributed by atoms with van der Waals surface area (Å²) in [4.78, 5) is 0. The van der Waals surface area contributed by atoms with Crippen molar-refractivity contribution in [2.75, 3.05) is 13.7 Å². The van der Waals surface area contributed by atoms with Crippen LogP contribution in [0.3, 0.4) is 0 Å². The van der Waals surface area contributed by atoms with Crippen molar-refractivity contribution >= 4 is 0 Å². The van der Waals surface area contributed by atoms with Crippen LogP contribution >= 0.6 is 0 Å². The summed E-state index contributed by atoms with van der Waals surface area (Å²) in [5, 5.41) is 3.81. The van der Waals surface area contributed by atoms with E-state index in [-0.39, 0.29) is 0 Å². The quantitative estimate of drug-likeness (QED) is 0.711. The van der Waals surface area contributed by atoms with Gasteiger partial charge in [-0.25, -0.2) is 0 Å². The van der Waals surface area contributed by atoms with Crippen molar-refractivity contribution in [3.63, 3.8) is 0 Å². The van der Waals surface area contributed by atoms with E-state index in [4.69, 9.17) is 4.74 Å². The third-order valence-corrected chi connectivity index (χ3v) is 4.87. The highest BCUT2D eigenvalue weighted by Gasteiger charge is 2.36. The average molecular weight is 269 g/mol. The molecule has 0 aromatic heterocycles. The molecule has 19 heavy (non-hydrogen) atoms. The first kappa shape index (κ1) is 17.0. The van der Waals surface area contributed by atoms with Crippen LogP contribution in [0.25, 0.3) is 0 Å². The van der Waals surface area contributed by atoms with Crippen LogP contribution in [0.2, 0.25) is 0 Å². The first-order valence-electron chi connectivity index (χ1n) is 8.41. The van der Waals surface area contributed by atoms with E-state index in [2.05, 4.69) is 33.0 Å². The van der Waals surface area contributed by atoms with Crippen molar-refractivity contribution in [2.24, 2.45) is 17.8 Å².